The Morgan fingerprint density at radius 1 is 0.974 bits per heavy atom. The van der Waals surface area contributed by atoms with Crippen molar-refractivity contribution in [3.63, 3.8) is 0 Å². The first-order valence-electron chi connectivity index (χ1n) is 13.4. The van der Waals surface area contributed by atoms with Gasteiger partial charge in [-0.1, -0.05) is 24.3 Å². The van der Waals surface area contributed by atoms with Crippen LogP contribution in [0.15, 0.2) is 66.0 Å². The predicted octanol–water partition coefficient (Wildman–Crippen LogP) is 3.62. The second-order valence-corrected chi connectivity index (χ2v) is 10.8. The summed E-state index contributed by atoms with van der Waals surface area (Å²) >= 11 is 1.58. The summed E-state index contributed by atoms with van der Waals surface area (Å²) in [6, 6.07) is 19.3. The molecule has 8 nitrogen and oxygen atoms in total. The van der Waals surface area contributed by atoms with Crippen LogP contribution in [0, 0.1) is 0 Å². The number of nitrogens with zero attached hydrogens (tertiary/aromatic N) is 3. The standard InChI is InChI=1S/C30H36N4O4S/c1-37-20-19-34-28(26-8-5-21-39-26)27(24-6-3-4-7-25(24)30(34)36)29(35)31-13-14-32-15-17-33(18-16-32)22-9-11-23(38-2)12-10-22/h3-12,21,27-28H,13-20H2,1-2H3,(H,31,35). The smallest absolute Gasteiger partial charge is 0.254 e. The molecular weight excluding hydrogens is 512 g/mol. The molecule has 0 radical (unpaired) electrons. The Morgan fingerprint density at radius 2 is 1.74 bits per heavy atom. The fourth-order valence-electron chi connectivity index (χ4n) is 5.56. The number of nitrogens with one attached hydrogen (secondary N) is 1. The number of methoxy groups -OCH3 is 2. The number of carbonyl (C=O) groups excluding carboxylic acids is 2. The van der Waals surface area contributed by atoms with Crippen molar-refractivity contribution in [2.24, 2.45) is 0 Å². The minimum atomic E-state index is -0.485. The summed E-state index contributed by atoms with van der Waals surface area (Å²) in [6.07, 6.45) is 0. The van der Waals surface area contributed by atoms with Crippen LogP contribution in [0.4, 0.5) is 5.69 Å². The molecule has 5 rings (SSSR count). The van der Waals surface area contributed by atoms with Gasteiger partial charge in [0, 0.05) is 69.1 Å². The lowest BCUT2D eigenvalue weighted by Gasteiger charge is -2.41. The van der Waals surface area contributed by atoms with Gasteiger partial charge in [-0.3, -0.25) is 14.5 Å². The summed E-state index contributed by atoms with van der Waals surface area (Å²) in [5.41, 5.74) is 2.59. The van der Waals surface area contributed by atoms with E-state index in [1.807, 2.05) is 53.9 Å². The summed E-state index contributed by atoms with van der Waals surface area (Å²) in [5.74, 6) is 0.273. The minimum absolute atomic E-state index is 0.0485. The zero-order valence-electron chi connectivity index (χ0n) is 22.5. The largest absolute Gasteiger partial charge is 0.497 e. The normalized spacial score (nSPS) is 19.6. The lowest BCUT2D eigenvalue weighted by molar-refractivity contribution is -0.124. The Labute approximate surface area is 234 Å². The average molecular weight is 549 g/mol. The van der Waals surface area contributed by atoms with Gasteiger partial charge in [-0.2, -0.15) is 0 Å². The summed E-state index contributed by atoms with van der Waals surface area (Å²) < 4.78 is 10.6. The zero-order chi connectivity index (χ0) is 27.2. The van der Waals surface area contributed by atoms with Gasteiger partial charge in [0.15, 0.2) is 0 Å². The number of fused-ring (bicyclic) bond motifs is 1. The molecule has 1 saturated heterocycles. The lowest BCUT2D eigenvalue weighted by Crippen LogP contribution is -2.50. The van der Waals surface area contributed by atoms with Crippen LogP contribution in [0.25, 0.3) is 0 Å². The number of piperazine rings is 1. The maximum atomic E-state index is 13.8. The molecule has 39 heavy (non-hydrogen) atoms. The van der Waals surface area contributed by atoms with Crippen molar-refractivity contribution in [3.8, 4) is 5.75 Å². The fraction of sp³-hybridized carbons (Fsp3) is 0.400. The minimum Gasteiger partial charge on any atom is -0.497 e. The number of ether oxygens (including phenoxy) is 2. The monoisotopic (exact) mass is 548 g/mol. The zero-order valence-corrected chi connectivity index (χ0v) is 23.4. The highest BCUT2D eigenvalue weighted by atomic mass is 32.1. The van der Waals surface area contributed by atoms with E-state index in [2.05, 4.69) is 27.2 Å². The first kappa shape index (κ1) is 27.2. The van der Waals surface area contributed by atoms with Gasteiger partial charge < -0.3 is 24.6 Å². The Hall–Kier alpha value is -3.40. The van der Waals surface area contributed by atoms with E-state index in [9.17, 15) is 9.59 Å². The van der Waals surface area contributed by atoms with Gasteiger partial charge in [-0.25, -0.2) is 0 Å². The molecule has 206 valence electrons. The molecule has 3 aromatic rings. The number of amides is 2. The van der Waals surface area contributed by atoms with Crippen LogP contribution in [-0.4, -0.2) is 88.3 Å². The molecule has 1 N–H and O–H groups in total. The number of benzene rings is 2. The van der Waals surface area contributed by atoms with Crippen molar-refractivity contribution in [1.29, 1.82) is 0 Å². The summed E-state index contributed by atoms with van der Waals surface area (Å²) in [5, 5.41) is 5.20. The molecule has 0 spiro atoms. The van der Waals surface area contributed by atoms with Gasteiger partial charge in [0.05, 0.1) is 25.7 Å². The predicted molar refractivity (Wildman–Crippen MR) is 154 cm³/mol. The second kappa shape index (κ2) is 12.6. The van der Waals surface area contributed by atoms with Crippen LogP contribution in [0.3, 0.4) is 0 Å². The van der Waals surface area contributed by atoms with Gasteiger partial charge in [-0.15, -0.1) is 11.3 Å². The van der Waals surface area contributed by atoms with Gasteiger partial charge in [0.25, 0.3) is 5.91 Å². The fourth-order valence-corrected chi connectivity index (χ4v) is 6.43. The third kappa shape index (κ3) is 5.95. The molecule has 9 heteroatoms. The Bertz CT molecular complexity index is 1240. The molecule has 2 aliphatic rings. The highest BCUT2D eigenvalue weighted by Crippen LogP contribution is 2.44. The van der Waals surface area contributed by atoms with E-state index in [1.165, 1.54) is 5.69 Å². The van der Waals surface area contributed by atoms with Crippen molar-refractivity contribution in [1.82, 2.24) is 15.1 Å². The Morgan fingerprint density at radius 3 is 2.44 bits per heavy atom. The van der Waals surface area contributed by atoms with E-state index in [1.54, 1.807) is 30.5 Å². The quantitative estimate of drug-likeness (QED) is 0.417. The molecule has 2 aliphatic heterocycles. The van der Waals surface area contributed by atoms with Crippen molar-refractivity contribution in [2.45, 2.75) is 12.0 Å². The third-order valence-corrected chi connectivity index (χ3v) is 8.57. The SMILES string of the molecule is COCCN1C(=O)c2ccccc2C(C(=O)NCCN2CCN(c3ccc(OC)cc3)CC2)C1c1cccs1. The highest BCUT2D eigenvalue weighted by molar-refractivity contribution is 7.10. The van der Waals surface area contributed by atoms with Crippen molar-refractivity contribution >= 4 is 28.8 Å². The van der Waals surface area contributed by atoms with Crippen molar-refractivity contribution < 1.29 is 19.1 Å². The van der Waals surface area contributed by atoms with E-state index >= 15 is 0 Å². The molecule has 2 amide bonds. The van der Waals surface area contributed by atoms with Crippen LogP contribution in [0.2, 0.25) is 0 Å². The van der Waals surface area contributed by atoms with Gasteiger partial charge in [0.2, 0.25) is 5.91 Å². The van der Waals surface area contributed by atoms with Crippen LogP contribution in [0.5, 0.6) is 5.75 Å². The second-order valence-electron chi connectivity index (χ2n) is 9.83. The molecular formula is C30H36N4O4S. The van der Waals surface area contributed by atoms with Gasteiger partial charge in [-0.05, 0) is 47.3 Å². The Balaban J connectivity index is 1.24. The van der Waals surface area contributed by atoms with E-state index in [0.717, 1.165) is 48.9 Å². The van der Waals surface area contributed by atoms with Crippen LogP contribution >= 0.6 is 11.3 Å². The molecule has 0 bridgehead atoms. The number of rotatable bonds is 10. The molecule has 0 saturated carbocycles. The molecule has 1 fully saturated rings. The van der Waals surface area contributed by atoms with Crippen molar-refractivity contribution in [3.05, 3.63) is 82.0 Å². The first-order chi connectivity index (χ1) is 19.1. The highest BCUT2D eigenvalue weighted by Gasteiger charge is 2.44. The number of carbonyl (C=O) groups is 2. The van der Waals surface area contributed by atoms with Crippen LogP contribution < -0.4 is 15.0 Å². The Kier molecular flexibility index (Phi) is 8.81. The van der Waals surface area contributed by atoms with Gasteiger partial charge in [0.1, 0.15) is 5.75 Å². The summed E-state index contributed by atoms with van der Waals surface area (Å²) in [6.45, 7) is 5.92. The number of hydrogen-bond acceptors (Lipinski definition) is 7. The lowest BCUT2D eigenvalue weighted by atomic mass is 9.81. The number of anilines is 1. The van der Waals surface area contributed by atoms with Crippen LogP contribution in [-0.2, 0) is 9.53 Å². The average Bonchev–Trinajstić information content (AvgIpc) is 3.52. The number of thiophene rings is 1. The maximum Gasteiger partial charge on any atom is 0.254 e. The first-order valence-corrected chi connectivity index (χ1v) is 14.3. The number of hydrogen-bond donors (Lipinski definition) is 1. The molecule has 3 heterocycles. The topological polar surface area (TPSA) is 74.4 Å². The molecule has 2 atom stereocenters. The van der Waals surface area contributed by atoms with Crippen LogP contribution in [0.1, 0.15) is 32.8 Å². The van der Waals surface area contributed by atoms with Gasteiger partial charge >= 0.3 is 0 Å². The van der Waals surface area contributed by atoms with E-state index in [-0.39, 0.29) is 17.9 Å². The van der Waals surface area contributed by atoms with Crippen molar-refractivity contribution in [2.75, 3.05) is 71.5 Å². The molecule has 2 unspecified atom stereocenters. The van der Waals surface area contributed by atoms with E-state index in [4.69, 9.17) is 9.47 Å². The molecule has 1 aromatic heterocycles. The molecule has 0 aliphatic carbocycles. The molecule has 2 aromatic carbocycles. The summed E-state index contributed by atoms with van der Waals surface area (Å²) in [7, 11) is 3.31. The third-order valence-electron chi connectivity index (χ3n) is 7.63. The van der Waals surface area contributed by atoms with E-state index < -0.39 is 5.92 Å². The van der Waals surface area contributed by atoms with E-state index in [0.29, 0.717) is 25.3 Å². The summed E-state index contributed by atoms with van der Waals surface area (Å²) in [4.78, 5) is 34.9. The maximum absolute atomic E-state index is 13.8.